The molecule has 3 N–H and O–H groups in total. The highest BCUT2D eigenvalue weighted by molar-refractivity contribution is 6.07. The highest BCUT2D eigenvalue weighted by atomic mass is 19.2. The lowest BCUT2D eigenvalue weighted by atomic mass is 10.1. The Labute approximate surface area is 133 Å². The summed E-state index contributed by atoms with van der Waals surface area (Å²) in [6, 6.07) is 7.38. The van der Waals surface area contributed by atoms with E-state index >= 15 is 0 Å². The van der Waals surface area contributed by atoms with E-state index in [9.17, 15) is 18.8 Å². The lowest BCUT2D eigenvalue weighted by molar-refractivity contribution is 0.460. The van der Waals surface area contributed by atoms with Crippen LogP contribution in [0.4, 0.5) is 14.5 Å². The van der Waals surface area contributed by atoms with Gasteiger partial charge in [-0.05, 0) is 30.3 Å². The Morgan fingerprint density at radius 3 is 2.50 bits per heavy atom. The van der Waals surface area contributed by atoms with Gasteiger partial charge < -0.3 is 15.1 Å². The number of nitrogens with one attached hydrogen (secondary N) is 2. The number of H-pyrrole nitrogens is 2. The molecule has 0 saturated heterocycles. The maximum absolute atomic E-state index is 13.5. The van der Waals surface area contributed by atoms with Crippen LogP contribution in [0.15, 0.2) is 35.5 Å². The first-order chi connectivity index (χ1) is 11.5. The van der Waals surface area contributed by atoms with Gasteiger partial charge in [-0.25, -0.2) is 8.78 Å². The molecule has 0 atom stereocenters. The topological polar surface area (TPSA) is 81.2 Å². The largest absolute Gasteiger partial charge is 0.494 e. The van der Waals surface area contributed by atoms with E-state index in [1.54, 1.807) is 6.07 Å². The zero-order valence-corrected chi connectivity index (χ0v) is 12.4. The second-order valence-electron chi connectivity index (χ2n) is 5.65. The van der Waals surface area contributed by atoms with Gasteiger partial charge in [0.25, 0.3) is 0 Å². The maximum Gasteiger partial charge on any atom is 0.199 e. The number of fused-ring (bicyclic) bond motifs is 2. The van der Waals surface area contributed by atoms with E-state index < -0.39 is 11.6 Å². The van der Waals surface area contributed by atoms with Crippen molar-refractivity contribution in [2.24, 2.45) is 5.18 Å². The Kier molecular flexibility index (Phi) is 2.93. The standard InChI is InChI=1S/C17H11F2N3O2/c1-7-2-3-12-8(4-7)14(17(23)21-12)16-15(22-24)9-5-10(18)11(19)6-13(9)20-16/h2-6,20-21,23H,1H3. The van der Waals surface area contributed by atoms with Crippen LogP contribution >= 0.6 is 0 Å². The van der Waals surface area contributed by atoms with Crippen molar-refractivity contribution in [3.63, 3.8) is 0 Å². The predicted octanol–water partition coefficient (Wildman–Crippen LogP) is 5.01. The number of halogens is 2. The Morgan fingerprint density at radius 1 is 1.00 bits per heavy atom. The quantitative estimate of drug-likeness (QED) is 0.452. The number of aromatic nitrogens is 2. The normalized spacial score (nSPS) is 11.5. The lowest BCUT2D eigenvalue weighted by Crippen LogP contribution is -1.82. The molecule has 2 heterocycles. The van der Waals surface area contributed by atoms with Crippen molar-refractivity contribution in [3.8, 4) is 17.1 Å². The number of nitrogens with zero attached hydrogens (tertiary/aromatic N) is 1. The minimum absolute atomic E-state index is 0.0818. The monoisotopic (exact) mass is 327 g/mol. The molecule has 0 amide bonds. The molecule has 2 aromatic heterocycles. The van der Waals surface area contributed by atoms with Gasteiger partial charge >= 0.3 is 0 Å². The Bertz CT molecular complexity index is 1130. The predicted molar refractivity (Wildman–Crippen MR) is 87.4 cm³/mol. The van der Waals surface area contributed by atoms with Crippen molar-refractivity contribution in [1.29, 1.82) is 0 Å². The molecule has 120 valence electrons. The van der Waals surface area contributed by atoms with E-state index in [0.717, 1.165) is 17.7 Å². The first-order valence-electron chi connectivity index (χ1n) is 7.15. The third-order valence-corrected chi connectivity index (χ3v) is 4.09. The second kappa shape index (κ2) is 4.89. The highest BCUT2D eigenvalue weighted by Crippen LogP contribution is 2.44. The summed E-state index contributed by atoms with van der Waals surface area (Å²) in [5.41, 5.74) is 2.30. The number of aryl methyl sites for hydroxylation is 1. The molecule has 0 bridgehead atoms. The van der Waals surface area contributed by atoms with Crippen molar-refractivity contribution >= 4 is 27.5 Å². The van der Waals surface area contributed by atoms with Crippen LogP contribution in [-0.4, -0.2) is 15.1 Å². The fourth-order valence-electron chi connectivity index (χ4n) is 3.00. The summed E-state index contributed by atoms with van der Waals surface area (Å²) in [5.74, 6) is -2.27. The molecule has 0 spiro atoms. The lowest BCUT2D eigenvalue weighted by Gasteiger charge is -1.99. The Balaban J connectivity index is 2.12. The van der Waals surface area contributed by atoms with Crippen molar-refractivity contribution in [2.75, 3.05) is 0 Å². The van der Waals surface area contributed by atoms with Crippen molar-refractivity contribution in [3.05, 3.63) is 52.4 Å². The summed E-state index contributed by atoms with van der Waals surface area (Å²) < 4.78 is 27.0. The van der Waals surface area contributed by atoms with Gasteiger partial charge in [-0.2, -0.15) is 0 Å². The van der Waals surface area contributed by atoms with Gasteiger partial charge in [-0.3, -0.25) is 0 Å². The average Bonchev–Trinajstić information content (AvgIpc) is 3.03. The molecular formula is C17H11F2N3O2. The number of hydrogen-bond donors (Lipinski definition) is 3. The van der Waals surface area contributed by atoms with Gasteiger partial charge in [0.1, 0.15) is 5.69 Å². The second-order valence-corrected chi connectivity index (χ2v) is 5.65. The number of benzene rings is 2. The molecule has 7 heteroatoms. The van der Waals surface area contributed by atoms with Crippen LogP contribution in [0.1, 0.15) is 5.56 Å². The van der Waals surface area contributed by atoms with Crippen LogP contribution in [0, 0.1) is 23.5 Å². The molecule has 0 aliphatic rings. The molecule has 5 nitrogen and oxygen atoms in total. The molecule has 0 aliphatic heterocycles. The molecule has 4 rings (SSSR count). The van der Waals surface area contributed by atoms with Gasteiger partial charge in [-0.1, -0.05) is 11.6 Å². The van der Waals surface area contributed by atoms with E-state index in [1.807, 2.05) is 19.1 Å². The van der Waals surface area contributed by atoms with Crippen molar-refractivity contribution in [1.82, 2.24) is 9.97 Å². The van der Waals surface area contributed by atoms with Gasteiger partial charge in [0.05, 0.1) is 16.8 Å². The first kappa shape index (κ1) is 14.4. The van der Waals surface area contributed by atoms with E-state index in [-0.39, 0.29) is 28.2 Å². The summed E-state index contributed by atoms with van der Waals surface area (Å²) in [5, 5.41) is 14.1. The third-order valence-electron chi connectivity index (χ3n) is 4.09. The van der Waals surface area contributed by atoms with E-state index in [0.29, 0.717) is 16.5 Å². The molecule has 4 aromatic rings. The van der Waals surface area contributed by atoms with Gasteiger partial charge in [0, 0.05) is 22.4 Å². The number of aromatic hydroxyl groups is 1. The smallest absolute Gasteiger partial charge is 0.199 e. The van der Waals surface area contributed by atoms with Gasteiger partial charge in [0.15, 0.2) is 17.5 Å². The summed E-state index contributed by atoms with van der Waals surface area (Å²) >= 11 is 0. The minimum atomic E-state index is -1.07. The fourth-order valence-corrected chi connectivity index (χ4v) is 3.00. The van der Waals surface area contributed by atoms with E-state index in [1.165, 1.54) is 0 Å². The van der Waals surface area contributed by atoms with Crippen LogP contribution in [0.5, 0.6) is 5.88 Å². The summed E-state index contributed by atoms with van der Waals surface area (Å²) in [6.07, 6.45) is 0. The van der Waals surface area contributed by atoms with Crippen molar-refractivity contribution < 1.29 is 13.9 Å². The van der Waals surface area contributed by atoms with E-state index in [2.05, 4.69) is 15.1 Å². The molecule has 2 aromatic carbocycles. The molecular weight excluding hydrogens is 316 g/mol. The third kappa shape index (κ3) is 1.91. The number of rotatable bonds is 2. The van der Waals surface area contributed by atoms with Crippen LogP contribution in [0.2, 0.25) is 0 Å². The fraction of sp³-hybridized carbons (Fsp3) is 0.0588. The van der Waals surface area contributed by atoms with Crippen LogP contribution < -0.4 is 0 Å². The molecule has 24 heavy (non-hydrogen) atoms. The number of aromatic amines is 2. The van der Waals surface area contributed by atoms with Gasteiger partial charge in [-0.15, -0.1) is 4.91 Å². The maximum atomic E-state index is 13.5. The summed E-state index contributed by atoms with van der Waals surface area (Å²) in [6.45, 7) is 1.89. The molecule has 0 aliphatic carbocycles. The van der Waals surface area contributed by atoms with Crippen LogP contribution in [0.25, 0.3) is 33.1 Å². The van der Waals surface area contributed by atoms with Crippen LogP contribution in [0.3, 0.4) is 0 Å². The Morgan fingerprint density at radius 2 is 1.75 bits per heavy atom. The Hall–Kier alpha value is -3.22. The highest BCUT2D eigenvalue weighted by Gasteiger charge is 2.22. The SMILES string of the molecule is Cc1ccc2[nH]c(O)c(-c3[nH]c4cc(F)c(F)cc4c3N=O)c2c1. The van der Waals surface area contributed by atoms with Gasteiger partial charge in [0.2, 0.25) is 0 Å². The zero-order valence-electron chi connectivity index (χ0n) is 12.4. The molecule has 0 radical (unpaired) electrons. The minimum Gasteiger partial charge on any atom is -0.494 e. The molecule has 0 fully saturated rings. The van der Waals surface area contributed by atoms with Crippen molar-refractivity contribution in [2.45, 2.75) is 6.92 Å². The average molecular weight is 327 g/mol. The number of hydrogen-bond acceptors (Lipinski definition) is 3. The van der Waals surface area contributed by atoms with E-state index in [4.69, 9.17) is 0 Å². The molecule has 0 saturated carbocycles. The molecule has 0 unspecified atom stereocenters. The number of nitroso groups, excluding NO2 is 1. The van der Waals surface area contributed by atoms with Crippen LogP contribution in [-0.2, 0) is 0 Å². The first-order valence-corrected chi connectivity index (χ1v) is 7.15. The summed E-state index contributed by atoms with van der Waals surface area (Å²) in [4.78, 5) is 17.0. The zero-order chi connectivity index (χ0) is 17.0. The summed E-state index contributed by atoms with van der Waals surface area (Å²) in [7, 11) is 0.